The molecule has 1 fully saturated rings. The van der Waals surface area contributed by atoms with Crippen molar-refractivity contribution in [2.75, 3.05) is 25.1 Å². The summed E-state index contributed by atoms with van der Waals surface area (Å²) >= 11 is 0. The second kappa shape index (κ2) is 6.75. The molecule has 0 saturated carbocycles. The molecule has 118 valence electrons. The summed E-state index contributed by atoms with van der Waals surface area (Å²) in [5.41, 5.74) is 1.70. The summed E-state index contributed by atoms with van der Waals surface area (Å²) < 4.78 is 19.8. The molecule has 1 unspecified atom stereocenters. The third-order valence-corrected chi connectivity index (χ3v) is 3.89. The van der Waals surface area contributed by atoms with Gasteiger partial charge >= 0.3 is 0 Å². The van der Waals surface area contributed by atoms with E-state index in [-0.39, 0.29) is 17.5 Å². The van der Waals surface area contributed by atoms with E-state index in [0.717, 1.165) is 31.5 Å². The van der Waals surface area contributed by atoms with Gasteiger partial charge in [0.15, 0.2) is 0 Å². The minimum Gasteiger partial charge on any atom is -0.380 e. The summed E-state index contributed by atoms with van der Waals surface area (Å²) in [5, 5.41) is 3.38. The Bertz CT molecular complexity index is 470. The minimum absolute atomic E-state index is 0.0354. The average Bonchev–Trinajstić information content (AvgIpc) is 2.44. The number of nitrogens with one attached hydrogen (secondary N) is 1. The van der Waals surface area contributed by atoms with Crippen molar-refractivity contribution in [2.45, 2.75) is 51.8 Å². The summed E-state index contributed by atoms with van der Waals surface area (Å²) in [6.45, 7) is 8.67. The third-order valence-electron chi connectivity index (χ3n) is 3.89. The first kappa shape index (κ1) is 16.2. The molecule has 3 nitrogen and oxygen atoms in total. The van der Waals surface area contributed by atoms with Crippen LogP contribution in [0.3, 0.4) is 0 Å². The molecule has 1 N–H and O–H groups in total. The number of hydrogen-bond donors (Lipinski definition) is 1. The lowest BCUT2D eigenvalue weighted by atomic mass is 10.1. The molecule has 0 aromatic heterocycles. The Kier molecular flexibility index (Phi) is 5.22. The van der Waals surface area contributed by atoms with E-state index in [1.807, 2.05) is 12.1 Å². The summed E-state index contributed by atoms with van der Waals surface area (Å²) in [6, 6.07) is 5.55. The number of hydrogen-bond acceptors (Lipinski definition) is 3. The topological polar surface area (TPSA) is 24.5 Å². The predicted octanol–water partition coefficient (Wildman–Crippen LogP) is 3.33. The van der Waals surface area contributed by atoms with E-state index in [4.69, 9.17) is 4.74 Å². The fourth-order valence-electron chi connectivity index (χ4n) is 2.63. The quantitative estimate of drug-likeness (QED) is 0.922. The van der Waals surface area contributed by atoms with Gasteiger partial charge in [-0.2, -0.15) is 0 Å². The molecule has 1 heterocycles. The van der Waals surface area contributed by atoms with Crippen LogP contribution < -0.4 is 10.2 Å². The van der Waals surface area contributed by atoms with Crippen molar-refractivity contribution in [3.63, 3.8) is 0 Å². The molecule has 0 aliphatic carbocycles. The van der Waals surface area contributed by atoms with Crippen molar-refractivity contribution in [1.29, 1.82) is 0 Å². The van der Waals surface area contributed by atoms with Gasteiger partial charge < -0.3 is 15.0 Å². The van der Waals surface area contributed by atoms with Crippen LogP contribution in [0.2, 0.25) is 0 Å². The first-order valence-corrected chi connectivity index (χ1v) is 7.70. The maximum atomic E-state index is 14.4. The zero-order valence-corrected chi connectivity index (χ0v) is 13.6. The Balaban J connectivity index is 2.05. The highest BCUT2D eigenvalue weighted by atomic mass is 19.1. The van der Waals surface area contributed by atoms with Crippen LogP contribution in [0, 0.1) is 5.82 Å². The Morgan fingerprint density at radius 2 is 2.14 bits per heavy atom. The van der Waals surface area contributed by atoms with E-state index < -0.39 is 0 Å². The van der Waals surface area contributed by atoms with Gasteiger partial charge in [0, 0.05) is 32.3 Å². The van der Waals surface area contributed by atoms with Crippen LogP contribution in [-0.4, -0.2) is 31.8 Å². The highest BCUT2D eigenvalue weighted by molar-refractivity contribution is 5.49. The predicted molar refractivity (Wildman–Crippen MR) is 85.2 cm³/mol. The lowest BCUT2D eigenvalue weighted by Crippen LogP contribution is -2.39. The molecule has 0 amide bonds. The van der Waals surface area contributed by atoms with Gasteiger partial charge in [-0.3, -0.25) is 0 Å². The van der Waals surface area contributed by atoms with Crippen molar-refractivity contribution < 1.29 is 9.13 Å². The first-order chi connectivity index (χ1) is 9.89. The molecule has 4 heteroatoms. The molecule has 1 saturated heterocycles. The lowest BCUT2D eigenvalue weighted by Gasteiger charge is -2.34. The number of halogens is 1. The molecule has 21 heavy (non-hydrogen) atoms. The molecule has 1 aromatic carbocycles. The van der Waals surface area contributed by atoms with Gasteiger partial charge in [0.2, 0.25) is 0 Å². The van der Waals surface area contributed by atoms with Gasteiger partial charge in [0.1, 0.15) is 5.82 Å². The molecule has 1 aliphatic rings. The second-order valence-electron chi connectivity index (χ2n) is 6.84. The van der Waals surface area contributed by atoms with Gasteiger partial charge in [-0.25, -0.2) is 4.39 Å². The molecular weight excluding hydrogens is 267 g/mol. The SMILES string of the molecule is COC1CCCN(c2ccc(CNC(C)(C)C)cc2F)C1. The Morgan fingerprint density at radius 3 is 2.76 bits per heavy atom. The molecule has 1 aliphatic heterocycles. The van der Waals surface area contributed by atoms with E-state index in [9.17, 15) is 4.39 Å². The Labute approximate surface area is 127 Å². The van der Waals surface area contributed by atoms with Crippen LogP contribution >= 0.6 is 0 Å². The summed E-state index contributed by atoms with van der Waals surface area (Å²) in [4.78, 5) is 2.09. The van der Waals surface area contributed by atoms with Gasteiger partial charge in [-0.1, -0.05) is 6.07 Å². The number of methoxy groups -OCH3 is 1. The second-order valence-corrected chi connectivity index (χ2v) is 6.84. The number of anilines is 1. The van der Waals surface area contributed by atoms with E-state index >= 15 is 0 Å². The molecule has 0 radical (unpaired) electrons. The number of rotatable bonds is 4. The van der Waals surface area contributed by atoms with Crippen LogP contribution in [0.5, 0.6) is 0 Å². The molecule has 1 atom stereocenters. The van der Waals surface area contributed by atoms with Crippen LogP contribution in [0.15, 0.2) is 18.2 Å². The maximum Gasteiger partial charge on any atom is 0.146 e. The fraction of sp³-hybridized carbons (Fsp3) is 0.647. The van der Waals surface area contributed by atoms with E-state index in [1.165, 1.54) is 0 Å². The number of piperidine rings is 1. The summed E-state index contributed by atoms with van der Waals surface area (Å²) in [7, 11) is 1.73. The highest BCUT2D eigenvalue weighted by Gasteiger charge is 2.21. The first-order valence-electron chi connectivity index (χ1n) is 7.70. The molecule has 0 spiro atoms. The Morgan fingerprint density at radius 1 is 1.38 bits per heavy atom. The maximum absolute atomic E-state index is 14.4. The zero-order chi connectivity index (χ0) is 15.5. The van der Waals surface area contributed by atoms with Crippen LogP contribution in [-0.2, 0) is 11.3 Å². The number of nitrogens with zero attached hydrogens (tertiary/aromatic N) is 1. The van der Waals surface area contributed by atoms with Crippen LogP contribution in [0.1, 0.15) is 39.2 Å². The fourth-order valence-corrected chi connectivity index (χ4v) is 2.63. The zero-order valence-electron chi connectivity index (χ0n) is 13.6. The highest BCUT2D eigenvalue weighted by Crippen LogP contribution is 2.25. The van der Waals surface area contributed by atoms with E-state index in [1.54, 1.807) is 13.2 Å². The van der Waals surface area contributed by atoms with Crippen molar-refractivity contribution in [1.82, 2.24) is 5.32 Å². The largest absolute Gasteiger partial charge is 0.380 e. The minimum atomic E-state index is -0.139. The van der Waals surface area contributed by atoms with Crippen LogP contribution in [0.4, 0.5) is 10.1 Å². The van der Waals surface area contributed by atoms with E-state index in [0.29, 0.717) is 12.2 Å². The number of ether oxygens (including phenoxy) is 1. The lowest BCUT2D eigenvalue weighted by molar-refractivity contribution is 0.0892. The molecular formula is C17H27FN2O. The van der Waals surface area contributed by atoms with Gasteiger partial charge in [0.25, 0.3) is 0 Å². The van der Waals surface area contributed by atoms with Crippen molar-refractivity contribution >= 4 is 5.69 Å². The van der Waals surface area contributed by atoms with Crippen molar-refractivity contribution in [3.05, 3.63) is 29.6 Å². The number of benzene rings is 1. The Hall–Kier alpha value is -1.13. The standard InChI is InChI=1S/C17H27FN2O/c1-17(2,3)19-11-13-7-8-16(15(18)10-13)20-9-5-6-14(12-20)21-4/h7-8,10,14,19H,5-6,9,11-12H2,1-4H3. The molecule has 0 bridgehead atoms. The van der Waals surface area contributed by atoms with Crippen molar-refractivity contribution in [3.8, 4) is 0 Å². The van der Waals surface area contributed by atoms with Crippen molar-refractivity contribution in [2.24, 2.45) is 0 Å². The van der Waals surface area contributed by atoms with Gasteiger partial charge in [0.05, 0.1) is 11.8 Å². The average molecular weight is 294 g/mol. The summed E-state index contributed by atoms with van der Waals surface area (Å²) in [5.74, 6) is -0.139. The molecule has 1 aromatic rings. The van der Waals surface area contributed by atoms with E-state index in [2.05, 4.69) is 31.0 Å². The van der Waals surface area contributed by atoms with Gasteiger partial charge in [-0.05, 0) is 51.3 Å². The summed E-state index contributed by atoms with van der Waals surface area (Å²) in [6.07, 6.45) is 2.31. The monoisotopic (exact) mass is 294 g/mol. The third kappa shape index (κ3) is 4.68. The smallest absolute Gasteiger partial charge is 0.146 e. The van der Waals surface area contributed by atoms with Crippen LogP contribution in [0.25, 0.3) is 0 Å². The molecule has 2 rings (SSSR count). The normalized spacial score (nSPS) is 19.9. The van der Waals surface area contributed by atoms with Gasteiger partial charge in [-0.15, -0.1) is 0 Å².